The van der Waals surface area contributed by atoms with Crippen LogP contribution in [0.1, 0.15) is 44.5 Å². The molecule has 0 bridgehead atoms. The first-order valence-electron chi connectivity index (χ1n) is 28.0. The molecule has 2 spiro atoms. The van der Waals surface area contributed by atoms with Crippen LogP contribution in [0.25, 0.3) is 88.3 Å². The first-order chi connectivity index (χ1) is 39.6. The lowest BCUT2D eigenvalue weighted by Gasteiger charge is -2.44. The second-order valence-corrected chi connectivity index (χ2v) is 22.2. The van der Waals surface area contributed by atoms with Gasteiger partial charge in [-0.2, -0.15) is 0 Å². The molecule has 0 amide bonds. The molecule has 2 heteroatoms. The number of hydrogen-bond donors (Lipinski definition) is 0. The zero-order valence-corrected chi connectivity index (χ0v) is 44.5. The second-order valence-electron chi connectivity index (χ2n) is 22.2. The van der Waals surface area contributed by atoms with Gasteiger partial charge in [0.05, 0.1) is 22.2 Å². The smallest absolute Gasteiger partial charge is 0.0754 e. The highest BCUT2D eigenvalue weighted by molar-refractivity contribution is 6.21. The molecule has 0 N–H and O–H groups in total. The molecule has 2 nitrogen and oxygen atoms in total. The Labute approximate surface area is 466 Å². The zero-order chi connectivity index (χ0) is 52.8. The highest BCUT2D eigenvalue weighted by Gasteiger charge is 2.53. The van der Waals surface area contributed by atoms with E-state index < -0.39 is 10.8 Å². The molecule has 0 saturated heterocycles. The Morgan fingerprint density at radius 3 is 0.975 bits per heavy atom. The Bertz CT molecular complexity index is 4420. The van der Waals surface area contributed by atoms with E-state index in [1.165, 1.54) is 156 Å². The van der Waals surface area contributed by atoms with Crippen LogP contribution in [0.5, 0.6) is 0 Å². The molecule has 0 fully saturated rings. The Morgan fingerprint density at radius 1 is 0.225 bits per heavy atom. The molecule has 0 aromatic heterocycles. The van der Waals surface area contributed by atoms with Crippen LogP contribution in [-0.2, 0) is 10.8 Å². The fourth-order valence-electron chi connectivity index (χ4n) is 15.7. The molecular weight excluding hydrogens is 965 g/mol. The Hall–Kier alpha value is -10.0. The van der Waals surface area contributed by atoms with Gasteiger partial charge in [-0.25, -0.2) is 0 Å². The normalized spacial score (nSPS) is 14.3. The average Bonchev–Trinajstić information content (AvgIpc) is 4.07. The van der Waals surface area contributed by atoms with Crippen molar-refractivity contribution >= 4 is 44.3 Å². The Kier molecular flexibility index (Phi) is 9.43. The lowest BCUT2D eigenvalue weighted by molar-refractivity contribution is 0.749. The van der Waals surface area contributed by atoms with Gasteiger partial charge in [-0.3, -0.25) is 0 Å². The van der Waals surface area contributed by atoms with Crippen LogP contribution >= 0.6 is 0 Å². The van der Waals surface area contributed by atoms with Gasteiger partial charge in [0.1, 0.15) is 0 Å². The van der Waals surface area contributed by atoms with Crippen molar-refractivity contribution in [3.05, 3.63) is 324 Å². The van der Waals surface area contributed by atoms with Crippen molar-refractivity contribution in [3.63, 3.8) is 0 Å². The summed E-state index contributed by atoms with van der Waals surface area (Å²) in [6.07, 6.45) is 0. The molecule has 17 rings (SSSR count). The summed E-state index contributed by atoms with van der Waals surface area (Å²) >= 11 is 0. The van der Waals surface area contributed by atoms with Gasteiger partial charge in [0.15, 0.2) is 0 Å². The number of rotatable bonds is 4. The van der Waals surface area contributed by atoms with Crippen molar-refractivity contribution < 1.29 is 0 Å². The minimum Gasteiger partial charge on any atom is -0.344 e. The molecule has 2 aliphatic heterocycles. The van der Waals surface area contributed by atoms with E-state index in [-0.39, 0.29) is 0 Å². The molecule has 4 aliphatic rings. The number of anilines is 4. The van der Waals surface area contributed by atoms with Crippen molar-refractivity contribution in [3.8, 4) is 66.8 Å². The van der Waals surface area contributed by atoms with E-state index in [1.807, 2.05) is 0 Å². The molecule has 2 heterocycles. The molecule has 13 aromatic carbocycles. The van der Waals surface area contributed by atoms with Crippen molar-refractivity contribution in [2.24, 2.45) is 0 Å². The molecular formula is C78H52N2. The minimum atomic E-state index is -0.527. The van der Waals surface area contributed by atoms with Gasteiger partial charge in [-0.1, -0.05) is 261 Å². The third kappa shape index (κ3) is 5.72. The fraction of sp³-hybridized carbons (Fsp3) is 0.0513. The summed E-state index contributed by atoms with van der Waals surface area (Å²) in [5.41, 5.74) is 29.2. The summed E-state index contributed by atoms with van der Waals surface area (Å²) in [5, 5.41) is 4.87. The van der Waals surface area contributed by atoms with Crippen molar-refractivity contribution in [2.75, 3.05) is 23.9 Å². The van der Waals surface area contributed by atoms with E-state index in [9.17, 15) is 0 Å². The van der Waals surface area contributed by atoms with Crippen LogP contribution in [0.15, 0.2) is 279 Å². The van der Waals surface area contributed by atoms with Gasteiger partial charge in [-0.15, -0.1) is 0 Å². The molecule has 374 valence electrons. The first kappa shape index (κ1) is 45.0. The molecule has 0 saturated carbocycles. The van der Waals surface area contributed by atoms with E-state index in [0.29, 0.717) is 0 Å². The van der Waals surface area contributed by atoms with Gasteiger partial charge >= 0.3 is 0 Å². The van der Waals surface area contributed by atoms with E-state index in [1.54, 1.807) is 0 Å². The van der Waals surface area contributed by atoms with E-state index in [2.05, 4.69) is 303 Å². The lowest BCUT2D eigenvalue weighted by atomic mass is 9.64. The summed E-state index contributed by atoms with van der Waals surface area (Å²) in [5.74, 6) is 0. The molecule has 0 atom stereocenters. The largest absolute Gasteiger partial charge is 0.344 e. The third-order valence-corrected chi connectivity index (χ3v) is 18.7. The summed E-state index contributed by atoms with van der Waals surface area (Å²) in [7, 11) is 4.56. The maximum absolute atomic E-state index is 2.54. The Balaban J connectivity index is 0.985. The number of nitrogens with zero attached hydrogens (tertiary/aromatic N) is 2. The first-order valence-corrected chi connectivity index (χ1v) is 28.0. The molecule has 2 aliphatic carbocycles. The van der Waals surface area contributed by atoms with Crippen molar-refractivity contribution in [1.82, 2.24) is 0 Å². The zero-order valence-electron chi connectivity index (χ0n) is 44.5. The van der Waals surface area contributed by atoms with Crippen molar-refractivity contribution in [1.29, 1.82) is 0 Å². The molecule has 0 radical (unpaired) electrons. The number of fused-ring (bicyclic) bond motifs is 20. The van der Waals surface area contributed by atoms with Crippen LogP contribution in [0.3, 0.4) is 0 Å². The van der Waals surface area contributed by atoms with Gasteiger partial charge in [0, 0.05) is 36.6 Å². The standard InChI is InChI=1S/C78H52N2/c1-79-72-46-18-16-42-68(72)77(64-38-12-8-27-53(64)54-28-9-13-39-65(54)77)70-44-22-36-60(75(70)79)51-32-20-34-58-62(51)48-63-52(33-21-35-59(63)74(58)57-31-7-6-26-50(57)49-24-4-3-5-25-49)61-37-23-45-71-76(61)80(2)73-47-19-17-43-69(73)78(71)66-40-14-10-29-55(66)56-30-11-15-41-67(56)78/h3-48H,1-2H3. The van der Waals surface area contributed by atoms with E-state index >= 15 is 0 Å². The second kappa shape index (κ2) is 16.7. The van der Waals surface area contributed by atoms with Crippen LogP contribution < -0.4 is 9.80 Å². The number of hydrogen-bond acceptors (Lipinski definition) is 2. The highest BCUT2D eigenvalue weighted by atomic mass is 15.1. The molecule has 80 heavy (non-hydrogen) atoms. The van der Waals surface area contributed by atoms with Gasteiger partial charge in [0.25, 0.3) is 0 Å². The van der Waals surface area contributed by atoms with Gasteiger partial charge in [0.2, 0.25) is 0 Å². The predicted molar refractivity (Wildman–Crippen MR) is 334 cm³/mol. The van der Waals surface area contributed by atoms with Crippen LogP contribution in [-0.4, -0.2) is 14.1 Å². The van der Waals surface area contributed by atoms with E-state index in [4.69, 9.17) is 0 Å². The lowest BCUT2D eigenvalue weighted by Crippen LogP contribution is -2.36. The summed E-state index contributed by atoms with van der Waals surface area (Å²) in [6.45, 7) is 0. The van der Waals surface area contributed by atoms with Crippen LogP contribution in [0, 0.1) is 0 Å². The number of para-hydroxylation sites is 4. The molecule has 13 aromatic rings. The topological polar surface area (TPSA) is 6.48 Å². The minimum absolute atomic E-state index is 0.527. The fourth-order valence-corrected chi connectivity index (χ4v) is 15.7. The van der Waals surface area contributed by atoms with Crippen LogP contribution in [0.4, 0.5) is 22.7 Å². The third-order valence-electron chi connectivity index (χ3n) is 18.7. The van der Waals surface area contributed by atoms with E-state index in [0.717, 1.165) is 0 Å². The highest BCUT2D eigenvalue weighted by Crippen LogP contribution is 2.66. The van der Waals surface area contributed by atoms with Gasteiger partial charge in [-0.05, 0) is 140 Å². The maximum atomic E-state index is 2.54. The predicted octanol–water partition coefficient (Wildman–Crippen LogP) is 19.5. The van der Waals surface area contributed by atoms with Gasteiger partial charge < -0.3 is 9.80 Å². The molecule has 0 unspecified atom stereocenters. The summed E-state index contributed by atoms with van der Waals surface area (Å²) in [4.78, 5) is 4.95. The number of benzene rings is 13. The average molecular weight is 1020 g/mol. The quantitative estimate of drug-likeness (QED) is 0.162. The summed E-state index contributed by atoms with van der Waals surface area (Å²) in [6, 6.07) is 106. The monoisotopic (exact) mass is 1020 g/mol. The summed E-state index contributed by atoms with van der Waals surface area (Å²) < 4.78 is 0. The maximum Gasteiger partial charge on any atom is 0.0754 e. The Morgan fingerprint density at radius 2 is 0.537 bits per heavy atom. The SMILES string of the molecule is CN1c2ccccc2C2(c3ccccc3-c3ccccc32)c2cccc(-c3cccc4c(-c5ccccc5-c5ccccc5)c5cccc(-c6cccc7c6N(C)c6ccccc6C76c7ccccc7-c7ccccc76)c5cc34)c21. The van der Waals surface area contributed by atoms with Crippen molar-refractivity contribution in [2.45, 2.75) is 10.8 Å². The van der Waals surface area contributed by atoms with Crippen LogP contribution in [0.2, 0.25) is 0 Å².